The van der Waals surface area contributed by atoms with Gasteiger partial charge in [-0.05, 0) is 109 Å². The largest absolute Gasteiger partial charge is 0.462 e. The summed E-state index contributed by atoms with van der Waals surface area (Å²) in [5.74, 6) is -0.886. The van der Waals surface area contributed by atoms with Gasteiger partial charge >= 0.3 is 17.9 Å². The predicted octanol–water partition coefficient (Wildman–Crippen LogP) is 24.1. The van der Waals surface area contributed by atoms with E-state index in [1.807, 2.05) is 0 Å². The van der Waals surface area contributed by atoms with Crippen LogP contribution in [0.4, 0.5) is 0 Å². The van der Waals surface area contributed by atoms with Crippen molar-refractivity contribution in [2.45, 2.75) is 367 Å². The highest BCUT2D eigenvalue weighted by Crippen LogP contribution is 2.17. The Hall–Kier alpha value is -3.15. The molecule has 0 heterocycles. The van der Waals surface area contributed by atoms with Gasteiger partial charge in [-0.15, -0.1) is 0 Å². The predicted molar refractivity (Wildman–Crippen MR) is 348 cm³/mol. The van der Waals surface area contributed by atoms with Gasteiger partial charge in [-0.3, -0.25) is 14.4 Å². The van der Waals surface area contributed by atoms with Gasteiger partial charge in [-0.2, -0.15) is 0 Å². The van der Waals surface area contributed by atoms with Crippen molar-refractivity contribution in [2.24, 2.45) is 0 Å². The number of rotatable bonds is 64. The van der Waals surface area contributed by atoms with Gasteiger partial charge in [0, 0.05) is 19.3 Å². The van der Waals surface area contributed by atoms with E-state index in [0.29, 0.717) is 19.3 Å². The van der Waals surface area contributed by atoms with Gasteiger partial charge in [-0.1, -0.05) is 306 Å². The molecule has 0 bridgehead atoms. The minimum atomic E-state index is -0.785. The Bertz CT molecular complexity index is 1470. The second-order valence-corrected chi connectivity index (χ2v) is 23.4. The van der Waals surface area contributed by atoms with Crippen LogP contribution in [0.15, 0.2) is 72.9 Å². The molecule has 0 aromatic heterocycles. The van der Waals surface area contributed by atoms with Crippen molar-refractivity contribution < 1.29 is 28.6 Å². The number of unbranched alkanes of at least 4 members (excludes halogenated alkanes) is 41. The Labute approximate surface area is 497 Å². The van der Waals surface area contributed by atoms with Crippen molar-refractivity contribution in [3.63, 3.8) is 0 Å². The highest BCUT2D eigenvalue weighted by molar-refractivity contribution is 5.71. The van der Waals surface area contributed by atoms with Crippen LogP contribution < -0.4 is 0 Å². The van der Waals surface area contributed by atoms with Crippen LogP contribution in [0.1, 0.15) is 361 Å². The second-order valence-electron chi connectivity index (χ2n) is 23.4. The van der Waals surface area contributed by atoms with Gasteiger partial charge in [0.05, 0.1) is 0 Å². The van der Waals surface area contributed by atoms with E-state index < -0.39 is 6.10 Å². The lowest BCUT2D eigenvalue weighted by atomic mass is 10.0. The molecule has 0 N–H and O–H groups in total. The fourth-order valence-corrected chi connectivity index (χ4v) is 10.1. The van der Waals surface area contributed by atoms with Gasteiger partial charge in [-0.25, -0.2) is 0 Å². The third kappa shape index (κ3) is 65.7. The molecule has 0 fully saturated rings. The molecule has 0 spiro atoms. The molecule has 0 amide bonds. The van der Waals surface area contributed by atoms with Crippen LogP contribution in [-0.4, -0.2) is 37.2 Å². The SMILES string of the molecule is CCCC/C=C\C/C=C\CCCCCCCC(=O)OCC(COC(=O)CCCCCCCCCCCCCCCCCCCC/C=C\C/C=C\C/C=C\CCCCCCC)OC(=O)CCCCCCC/C=C\CCCCCCCC. The Morgan fingerprint density at radius 1 is 0.250 bits per heavy atom. The van der Waals surface area contributed by atoms with Crippen LogP contribution in [0.2, 0.25) is 0 Å². The van der Waals surface area contributed by atoms with Crippen molar-refractivity contribution in [3.8, 4) is 0 Å². The average Bonchev–Trinajstić information content (AvgIpc) is 3.46. The molecule has 0 radical (unpaired) electrons. The first-order valence-corrected chi connectivity index (χ1v) is 34.9. The smallest absolute Gasteiger partial charge is 0.306 e. The summed E-state index contributed by atoms with van der Waals surface area (Å²) >= 11 is 0. The van der Waals surface area contributed by atoms with E-state index >= 15 is 0 Å². The van der Waals surface area contributed by atoms with Crippen LogP contribution >= 0.6 is 0 Å². The molecule has 464 valence electrons. The van der Waals surface area contributed by atoms with Crippen molar-refractivity contribution in [1.82, 2.24) is 0 Å². The zero-order valence-electron chi connectivity index (χ0n) is 53.3. The summed E-state index contributed by atoms with van der Waals surface area (Å²) in [4.78, 5) is 38.3. The zero-order chi connectivity index (χ0) is 57.8. The minimum Gasteiger partial charge on any atom is -0.462 e. The van der Waals surface area contributed by atoms with Crippen molar-refractivity contribution in [1.29, 1.82) is 0 Å². The summed E-state index contributed by atoms with van der Waals surface area (Å²) in [5.41, 5.74) is 0. The molecule has 0 aliphatic heterocycles. The molecule has 0 saturated heterocycles. The van der Waals surface area contributed by atoms with E-state index in [2.05, 4.69) is 93.7 Å². The molecule has 0 saturated carbocycles. The fraction of sp³-hybridized carbons (Fsp3) is 0.797. The molecule has 0 aromatic carbocycles. The van der Waals surface area contributed by atoms with Gasteiger partial charge in [0.2, 0.25) is 0 Å². The summed E-state index contributed by atoms with van der Waals surface area (Å²) < 4.78 is 16.9. The molecule has 0 aliphatic rings. The van der Waals surface area contributed by atoms with Gasteiger partial charge < -0.3 is 14.2 Å². The highest BCUT2D eigenvalue weighted by Gasteiger charge is 2.19. The van der Waals surface area contributed by atoms with E-state index in [-0.39, 0.29) is 31.1 Å². The summed E-state index contributed by atoms with van der Waals surface area (Å²) in [6.07, 6.45) is 89.4. The molecular weight excluding hydrogens is 985 g/mol. The number of carbonyl (C=O) groups is 3. The number of ether oxygens (including phenoxy) is 3. The number of hydrogen-bond acceptors (Lipinski definition) is 6. The first-order chi connectivity index (χ1) is 39.5. The summed E-state index contributed by atoms with van der Waals surface area (Å²) in [7, 11) is 0. The summed E-state index contributed by atoms with van der Waals surface area (Å²) in [6, 6.07) is 0. The van der Waals surface area contributed by atoms with E-state index in [1.54, 1.807) is 0 Å². The maximum atomic E-state index is 12.9. The quantitative estimate of drug-likeness (QED) is 0.0261. The molecular formula is C74H132O6. The monoisotopic (exact) mass is 1120 g/mol. The fourth-order valence-electron chi connectivity index (χ4n) is 10.1. The first-order valence-electron chi connectivity index (χ1n) is 34.9. The zero-order valence-corrected chi connectivity index (χ0v) is 53.3. The Morgan fingerprint density at radius 2 is 0.463 bits per heavy atom. The lowest BCUT2D eigenvalue weighted by Crippen LogP contribution is -2.30. The van der Waals surface area contributed by atoms with Crippen molar-refractivity contribution in [2.75, 3.05) is 13.2 Å². The number of carbonyl (C=O) groups excluding carboxylic acids is 3. The maximum absolute atomic E-state index is 12.9. The number of esters is 3. The second kappa shape index (κ2) is 68.3. The number of allylic oxidation sites excluding steroid dienone is 12. The maximum Gasteiger partial charge on any atom is 0.306 e. The van der Waals surface area contributed by atoms with E-state index in [1.165, 1.54) is 218 Å². The minimum absolute atomic E-state index is 0.0800. The third-order valence-electron chi connectivity index (χ3n) is 15.4. The average molecular weight is 1120 g/mol. The van der Waals surface area contributed by atoms with Crippen LogP contribution in [0.5, 0.6) is 0 Å². The Morgan fingerprint density at radius 3 is 0.750 bits per heavy atom. The Balaban J connectivity index is 4.15. The normalized spacial score (nSPS) is 12.5. The lowest BCUT2D eigenvalue weighted by Gasteiger charge is -2.18. The van der Waals surface area contributed by atoms with E-state index in [0.717, 1.165) is 103 Å². The molecule has 80 heavy (non-hydrogen) atoms. The van der Waals surface area contributed by atoms with Crippen LogP contribution in [0.3, 0.4) is 0 Å². The molecule has 6 nitrogen and oxygen atoms in total. The molecule has 6 heteroatoms. The molecule has 0 aromatic rings. The topological polar surface area (TPSA) is 78.9 Å². The standard InChI is InChI=1S/C74H132O6/c1-4-7-10-13-16-19-22-25-28-29-30-31-32-33-34-35-36-37-38-39-40-41-42-43-44-45-47-49-52-55-58-61-64-67-73(76)79-70-71(69-78-72(75)66-63-60-57-54-51-48-27-24-21-18-15-12-9-6-3)80-74(77)68-65-62-59-56-53-50-46-26-23-20-17-14-11-8-5-2/h15,18,22,24-27,29-30,32-33,46,71H,4-14,16-17,19-21,23,28,31,34-45,47-70H2,1-3H3/b18-15-,25-22-,27-24-,30-29-,33-32-,46-26-. The lowest BCUT2D eigenvalue weighted by molar-refractivity contribution is -0.167. The van der Waals surface area contributed by atoms with E-state index in [9.17, 15) is 14.4 Å². The van der Waals surface area contributed by atoms with Crippen molar-refractivity contribution >= 4 is 17.9 Å². The number of hydrogen-bond donors (Lipinski definition) is 0. The molecule has 0 aliphatic carbocycles. The van der Waals surface area contributed by atoms with Crippen LogP contribution in [0.25, 0.3) is 0 Å². The molecule has 0 rings (SSSR count). The Kier molecular flexibility index (Phi) is 65.7. The van der Waals surface area contributed by atoms with Crippen LogP contribution in [-0.2, 0) is 28.6 Å². The van der Waals surface area contributed by atoms with Gasteiger partial charge in [0.15, 0.2) is 6.10 Å². The first kappa shape index (κ1) is 76.9. The third-order valence-corrected chi connectivity index (χ3v) is 15.4. The van der Waals surface area contributed by atoms with Gasteiger partial charge in [0.1, 0.15) is 13.2 Å². The van der Waals surface area contributed by atoms with Crippen LogP contribution in [0, 0.1) is 0 Å². The van der Waals surface area contributed by atoms with Gasteiger partial charge in [0.25, 0.3) is 0 Å². The van der Waals surface area contributed by atoms with Crippen molar-refractivity contribution in [3.05, 3.63) is 72.9 Å². The molecule has 1 atom stereocenters. The summed E-state index contributed by atoms with van der Waals surface area (Å²) in [5, 5.41) is 0. The molecule has 1 unspecified atom stereocenters. The summed E-state index contributed by atoms with van der Waals surface area (Å²) in [6.45, 7) is 6.60. The van der Waals surface area contributed by atoms with E-state index in [4.69, 9.17) is 14.2 Å². The highest BCUT2D eigenvalue weighted by atomic mass is 16.6.